The molecule has 0 fully saturated rings. The second-order valence-electron chi connectivity index (χ2n) is 4.36. The Hall–Kier alpha value is -3.00. The van der Waals surface area contributed by atoms with E-state index in [1.54, 1.807) is 6.07 Å². The molecule has 0 amide bonds. The maximum atomic E-state index is 10.5. The summed E-state index contributed by atoms with van der Waals surface area (Å²) in [5.41, 5.74) is 3.56. The maximum Gasteiger partial charge on any atom is 0.240 e. The van der Waals surface area contributed by atoms with Gasteiger partial charge in [0.1, 0.15) is 17.1 Å². The standard InChI is InChI=1S/C15H8N2O3/c18-7-16-13-6-11-10-4-2-1-3-9(10)5-12(11)15(20)14(13)17-8-19/h1-4,6,20H,5H2. The number of benzene rings is 2. The highest BCUT2D eigenvalue weighted by molar-refractivity contribution is 5.88. The minimum absolute atomic E-state index is 0.0464. The Morgan fingerprint density at radius 2 is 1.80 bits per heavy atom. The van der Waals surface area contributed by atoms with Gasteiger partial charge in [-0.15, -0.1) is 0 Å². The number of phenolic OH excluding ortho intramolecular Hbond substituents is 1. The largest absolute Gasteiger partial charge is 0.505 e. The number of phenols is 1. The molecule has 1 aliphatic carbocycles. The first kappa shape index (κ1) is 12.1. The molecule has 1 aliphatic rings. The van der Waals surface area contributed by atoms with Gasteiger partial charge in [-0.2, -0.15) is 9.98 Å². The van der Waals surface area contributed by atoms with Crippen LogP contribution in [0.3, 0.4) is 0 Å². The molecule has 0 saturated carbocycles. The van der Waals surface area contributed by atoms with Crippen molar-refractivity contribution in [3.05, 3.63) is 41.5 Å². The van der Waals surface area contributed by atoms with Crippen LogP contribution in [0.15, 0.2) is 40.3 Å². The van der Waals surface area contributed by atoms with Crippen LogP contribution >= 0.6 is 0 Å². The summed E-state index contributed by atoms with van der Waals surface area (Å²) in [6, 6.07) is 9.32. The third kappa shape index (κ3) is 1.67. The molecule has 0 atom stereocenters. The SMILES string of the molecule is O=C=Nc1cc2c(c(O)c1N=C=O)Cc1ccccc1-2. The van der Waals surface area contributed by atoms with Crippen LogP contribution in [0.25, 0.3) is 11.1 Å². The molecule has 1 N–H and O–H groups in total. The Balaban J connectivity index is 2.35. The lowest BCUT2D eigenvalue weighted by Crippen LogP contribution is -1.83. The molecule has 0 aliphatic heterocycles. The Labute approximate surface area is 113 Å². The molecule has 0 heterocycles. The average Bonchev–Trinajstić information content (AvgIpc) is 2.83. The molecule has 0 saturated heterocycles. The Bertz CT molecular complexity index is 814. The highest BCUT2D eigenvalue weighted by atomic mass is 16.3. The quantitative estimate of drug-likeness (QED) is 0.571. The van der Waals surface area contributed by atoms with Crippen LogP contribution in [-0.4, -0.2) is 17.3 Å². The number of fused-ring (bicyclic) bond motifs is 3. The lowest BCUT2D eigenvalue weighted by Gasteiger charge is -2.07. The molecular weight excluding hydrogens is 256 g/mol. The van der Waals surface area contributed by atoms with Gasteiger partial charge in [0.25, 0.3) is 0 Å². The summed E-state index contributed by atoms with van der Waals surface area (Å²) in [7, 11) is 0. The van der Waals surface area contributed by atoms with Crippen molar-refractivity contribution in [3.63, 3.8) is 0 Å². The zero-order valence-electron chi connectivity index (χ0n) is 10.3. The normalized spacial score (nSPS) is 11.0. The van der Waals surface area contributed by atoms with Crippen LogP contribution in [0.1, 0.15) is 11.1 Å². The maximum absolute atomic E-state index is 10.5. The fourth-order valence-electron chi connectivity index (χ4n) is 2.52. The summed E-state index contributed by atoms with van der Waals surface area (Å²) in [4.78, 5) is 27.9. The molecule has 2 aromatic rings. The second-order valence-corrected chi connectivity index (χ2v) is 4.36. The van der Waals surface area contributed by atoms with Crippen molar-refractivity contribution < 1.29 is 14.7 Å². The Kier molecular flexibility index (Phi) is 2.77. The molecule has 0 radical (unpaired) electrons. The number of isocyanates is 2. The van der Waals surface area contributed by atoms with E-state index in [-0.39, 0.29) is 17.1 Å². The number of aromatic hydroxyl groups is 1. The van der Waals surface area contributed by atoms with E-state index in [4.69, 9.17) is 0 Å². The van der Waals surface area contributed by atoms with E-state index in [0.29, 0.717) is 12.0 Å². The van der Waals surface area contributed by atoms with Crippen LogP contribution < -0.4 is 0 Å². The van der Waals surface area contributed by atoms with E-state index >= 15 is 0 Å². The second kappa shape index (κ2) is 4.59. The first-order valence-corrected chi connectivity index (χ1v) is 5.89. The molecule has 0 spiro atoms. The van der Waals surface area contributed by atoms with E-state index in [9.17, 15) is 14.7 Å². The molecule has 0 unspecified atom stereocenters. The van der Waals surface area contributed by atoms with Crippen LogP contribution in [-0.2, 0) is 16.0 Å². The van der Waals surface area contributed by atoms with Crippen molar-refractivity contribution in [2.75, 3.05) is 0 Å². The van der Waals surface area contributed by atoms with Gasteiger partial charge in [-0.05, 0) is 22.8 Å². The summed E-state index contributed by atoms with van der Waals surface area (Å²) in [5, 5.41) is 10.3. The number of aliphatic imine (C=N–C) groups is 2. The molecule has 5 heteroatoms. The minimum atomic E-state index is -0.143. The number of nitrogens with zero attached hydrogens (tertiary/aromatic N) is 2. The summed E-state index contributed by atoms with van der Waals surface area (Å²) in [6.45, 7) is 0. The van der Waals surface area contributed by atoms with Gasteiger partial charge in [-0.3, -0.25) is 0 Å². The highest BCUT2D eigenvalue weighted by Crippen LogP contribution is 2.49. The van der Waals surface area contributed by atoms with Crippen LogP contribution in [0, 0.1) is 0 Å². The van der Waals surface area contributed by atoms with E-state index in [2.05, 4.69) is 9.98 Å². The van der Waals surface area contributed by atoms with E-state index in [0.717, 1.165) is 16.7 Å². The number of hydrogen-bond donors (Lipinski definition) is 1. The van der Waals surface area contributed by atoms with Crippen LogP contribution in [0.2, 0.25) is 0 Å². The van der Waals surface area contributed by atoms with Crippen molar-refractivity contribution in [1.82, 2.24) is 0 Å². The summed E-state index contributed by atoms with van der Waals surface area (Å²) in [5.74, 6) is -0.143. The number of carbonyl (C=O) groups excluding carboxylic acids is 2. The first-order valence-electron chi connectivity index (χ1n) is 5.89. The van der Waals surface area contributed by atoms with Crippen molar-refractivity contribution in [2.45, 2.75) is 6.42 Å². The van der Waals surface area contributed by atoms with Crippen LogP contribution in [0.5, 0.6) is 5.75 Å². The predicted molar refractivity (Wildman–Crippen MR) is 71.9 cm³/mol. The summed E-state index contributed by atoms with van der Waals surface area (Å²) in [6.07, 6.45) is 3.31. The third-order valence-electron chi connectivity index (χ3n) is 3.36. The van der Waals surface area contributed by atoms with Crippen molar-refractivity contribution >= 4 is 23.5 Å². The number of rotatable bonds is 2. The first-order chi connectivity index (χ1) is 9.76. The van der Waals surface area contributed by atoms with E-state index < -0.39 is 0 Å². The molecule has 20 heavy (non-hydrogen) atoms. The monoisotopic (exact) mass is 264 g/mol. The zero-order valence-corrected chi connectivity index (χ0v) is 10.3. The molecule has 0 aromatic heterocycles. The van der Waals surface area contributed by atoms with Gasteiger partial charge in [0.2, 0.25) is 12.2 Å². The fraction of sp³-hybridized carbons (Fsp3) is 0.0667. The summed E-state index contributed by atoms with van der Waals surface area (Å²) < 4.78 is 0. The molecule has 5 nitrogen and oxygen atoms in total. The molecular formula is C15H8N2O3. The molecule has 2 aromatic carbocycles. The van der Waals surface area contributed by atoms with Crippen molar-refractivity contribution in [2.24, 2.45) is 9.98 Å². The average molecular weight is 264 g/mol. The van der Waals surface area contributed by atoms with E-state index in [1.165, 1.54) is 12.2 Å². The van der Waals surface area contributed by atoms with E-state index in [1.807, 2.05) is 24.3 Å². The van der Waals surface area contributed by atoms with Crippen LogP contribution in [0.4, 0.5) is 11.4 Å². The van der Waals surface area contributed by atoms with Crippen molar-refractivity contribution in [1.29, 1.82) is 0 Å². The topological polar surface area (TPSA) is 79.1 Å². The van der Waals surface area contributed by atoms with Gasteiger partial charge in [-0.25, -0.2) is 9.59 Å². The molecule has 96 valence electrons. The lowest BCUT2D eigenvalue weighted by atomic mass is 10.0. The molecule has 3 rings (SSSR count). The lowest BCUT2D eigenvalue weighted by molar-refractivity contribution is 0.472. The van der Waals surface area contributed by atoms with Gasteiger partial charge in [-0.1, -0.05) is 24.3 Å². The van der Waals surface area contributed by atoms with Gasteiger partial charge in [0.05, 0.1) is 0 Å². The fourth-order valence-corrected chi connectivity index (χ4v) is 2.52. The minimum Gasteiger partial charge on any atom is -0.505 e. The third-order valence-corrected chi connectivity index (χ3v) is 3.36. The Morgan fingerprint density at radius 3 is 2.55 bits per heavy atom. The van der Waals surface area contributed by atoms with Gasteiger partial charge < -0.3 is 5.11 Å². The Morgan fingerprint density at radius 1 is 1.05 bits per heavy atom. The van der Waals surface area contributed by atoms with Crippen molar-refractivity contribution in [3.8, 4) is 16.9 Å². The zero-order chi connectivity index (χ0) is 14.1. The van der Waals surface area contributed by atoms with Gasteiger partial charge in [0.15, 0.2) is 0 Å². The predicted octanol–water partition coefficient (Wildman–Crippen LogP) is 2.90. The highest BCUT2D eigenvalue weighted by Gasteiger charge is 2.25. The smallest absolute Gasteiger partial charge is 0.240 e. The number of hydrogen-bond acceptors (Lipinski definition) is 5. The molecule has 0 bridgehead atoms. The summed E-state index contributed by atoms with van der Waals surface area (Å²) >= 11 is 0. The van der Waals surface area contributed by atoms with Gasteiger partial charge >= 0.3 is 0 Å². The van der Waals surface area contributed by atoms with Gasteiger partial charge in [0, 0.05) is 12.0 Å².